The highest BCUT2D eigenvalue weighted by Gasteiger charge is 2.38. The van der Waals surface area contributed by atoms with E-state index in [1.165, 1.54) is 6.42 Å². The number of halogens is 1. The molecule has 0 saturated carbocycles. The van der Waals surface area contributed by atoms with Gasteiger partial charge in [0.1, 0.15) is 5.75 Å². The number of nitrogens with zero attached hydrogens (tertiary/aromatic N) is 2. The van der Waals surface area contributed by atoms with Gasteiger partial charge in [0, 0.05) is 38.3 Å². The van der Waals surface area contributed by atoms with Gasteiger partial charge in [0.25, 0.3) is 5.91 Å². The Kier molecular flexibility index (Phi) is 5.81. The fourth-order valence-corrected chi connectivity index (χ4v) is 4.32. The van der Waals surface area contributed by atoms with Crippen molar-refractivity contribution in [1.82, 2.24) is 15.5 Å². The van der Waals surface area contributed by atoms with Gasteiger partial charge < -0.3 is 20.3 Å². The van der Waals surface area contributed by atoms with Gasteiger partial charge in [0.2, 0.25) is 0 Å². The van der Waals surface area contributed by atoms with Gasteiger partial charge in [0.05, 0.1) is 12.8 Å². The van der Waals surface area contributed by atoms with Crippen LogP contribution in [0.25, 0.3) is 0 Å². The number of hydrogen-bond donors (Lipinski definition) is 2. The van der Waals surface area contributed by atoms with E-state index < -0.39 is 0 Å². The second-order valence-corrected chi connectivity index (χ2v) is 7.49. The van der Waals surface area contributed by atoms with Crippen LogP contribution in [0, 0.1) is 5.41 Å². The van der Waals surface area contributed by atoms with E-state index in [1.807, 2.05) is 4.90 Å². The first-order valence-electron chi connectivity index (χ1n) is 9.35. The predicted molar refractivity (Wildman–Crippen MR) is 106 cm³/mol. The smallest absolute Gasteiger partial charge is 0.322 e. The maximum absolute atomic E-state index is 13.0. The minimum absolute atomic E-state index is 0. The molecule has 1 aromatic rings. The number of anilines is 1. The molecular formula is C19H27ClN4O3. The molecule has 3 saturated heterocycles. The molecule has 3 aliphatic rings. The second-order valence-electron chi connectivity index (χ2n) is 7.49. The van der Waals surface area contributed by atoms with Gasteiger partial charge in [0.15, 0.2) is 0 Å². The van der Waals surface area contributed by atoms with Crippen molar-refractivity contribution in [2.75, 3.05) is 51.3 Å². The van der Waals surface area contributed by atoms with Gasteiger partial charge in [-0.25, -0.2) is 4.79 Å². The quantitative estimate of drug-likeness (QED) is 0.820. The molecule has 0 atom stereocenters. The van der Waals surface area contributed by atoms with Crippen LogP contribution in [-0.4, -0.2) is 63.2 Å². The number of likely N-dealkylation sites (tertiary alicyclic amines) is 1. The lowest BCUT2D eigenvalue weighted by molar-refractivity contribution is 0.0607. The summed E-state index contributed by atoms with van der Waals surface area (Å²) in [7, 11) is 1.58. The zero-order valence-corrected chi connectivity index (χ0v) is 16.4. The molecule has 1 aromatic carbocycles. The summed E-state index contributed by atoms with van der Waals surface area (Å²) in [4.78, 5) is 28.6. The summed E-state index contributed by atoms with van der Waals surface area (Å²) in [5.41, 5.74) is 1.65. The molecule has 0 aromatic heterocycles. The van der Waals surface area contributed by atoms with Crippen LogP contribution in [0.1, 0.15) is 29.6 Å². The largest absolute Gasteiger partial charge is 0.495 e. The van der Waals surface area contributed by atoms with E-state index >= 15 is 0 Å². The number of rotatable bonds is 3. The van der Waals surface area contributed by atoms with Crippen molar-refractivity contribution in [1.29, 1.82) is 0 Å². The van der Waals surface area contributed by atoms with E-state index in [1.54, 1.807) is 30.2 Å². The van der Waals surface area contributed by atoms with Gasteiger partial charge in [-0.1, -0.05) is 0 Å². The first-order valence-corrected chi connectivity index (χ1v) is 9.35. The molecule has 0 unspecified atom stereocenters. The van der Waals surface area contributed by atoms with Crippen molar-refractivity contribution in [3.8, 4) is 5.75 Å². The molecule has 0 radical (unpaired) electrons. The van der Waals surface area contributed by atoms with Crippen LogP contribution in [0.5, 0.6) is 5.75 Å². The maximum atomic E-state index is 13.0. The Morgan fingerprint density at radius 1 is 1.15 bits per heavy atom. The summed E-state index contributed by atoms with van der Waals surface area (Å²) in [6.07, 6.45) is 3.33. The van der Waals surface area contributed by atoms with Crippen molar-refractivity contribution in [3.05, 3.63) is 23.8 Å². The normalized spacial score (nSPS) is 21.1. The molecule has 2 N–H and O–H groups in total. The van der Waals surface area contributed by atoms with E-state index in [0.717, 1.165) is 39.0 Å². The van der Waals surface area contributed by atoms with Gasteiger partial charge >= 0.3 is 6.03 Å². The molecule has 4 rings (SSSR count). The predicted octanol–water partition coefficient (Wildman–Crippen LogP) is 1.86. The van der Waals surface area contributed by atoms with E-state index in [2.05, 4.69) is 10.6 Å². The van der Waals surface area contributed by atoms with Crippen LogP contribution < -0.4 is 20.3 Å². The Balaban J connectivity index is 0.00000210. The van der Waals surface area contributed by atoms with Crippen molar-refractivity contribution in [3.63, 3.8) is 0 Å². The molecule has 8 heteroatoms. The number of carbonyl (C=O) groups is 2. The number of amides is 3. The number of nitrogens with one attached hydrogen (secondary N) is 2. The fraction of sp³-hybridized carbons (Fsp3) is 0.579. The second kappa shape index (κ2) is 7.94. The molecule has 3 fully saturated rings. The summed E-state index contributed by atoms with van der Waals surface area (Å²) >= 11 is 0. The third-order valence-electron chi connectivity index (χ3n) is 6.02. The molecule has 27 heavy (non-hydrogen) atoms. The lowest BCUT2D eigenvalue weighted by Crippen LogP contribution is -2.44. The Labute approximate surface area is 165 Å². The van der Waals surface area contributed by atoms with Crippen molar-refractivity contribution in [2.24, 2.45) is 5.41 Å². The Morgan fingerprint density at radius 2 is 1.93 bits per heavy atom. The first-order chi connectivity index (χ1) is 12.6. The number of hydrogen-bond acceptors (Lipinski definition) is 4. The van der Waals surface area contributed by atoms with Gasteiger partial charge in [-0.2, -0.15) is 0 Å². The van der Waals surface area contributed by atoms with Crippen molar-refractivity contribution in [2.45, 2.75) is 19.3 Å². The maximum Gasteiger partial charge on any atom is 0.322 e. The highest BCUT2D eigenvalue weighted by atomic mass is 35.5. The lowest BCUT2D eigenvalue weighted by Gasteiger charge is -2.39. The van der Waals surface area contributed by atoms with Crippen LogP contribution in [0.3, 0.4) is 0 Å². The average molecular weight is 395 g/mol. The minimum Gasteiger partial charge on any atom is -0.495 e. The zero-order valence-electron chi connectivity index (χ0n) is 15.6. The summed E-state index contributed by atoms with van der Waals surface area (Å²) in [5.74, 6) is 0.641. The van der Waals surface area contributed by atoms with Gasteiger partial charge in [-0.05, 0) is 49.4 Å². The molecule has 0 bridgehead atoms. The minimum atomic E-state index is -0.151. The van der Waals surface area contributed by atoms with Crippen LogP contribution in [0.4, 0.5) is 10.5 Å². The summed E-state index contributed by atoms with van der Waals surface area (Å²) < 4.78 is 5.40. The third-order valence-corrected chi connectivity index (χ3v) is 6.02. The number of methoxy groups -OCH3 is 1. The molecule has 148 valence electrons. The van der Waals surface area contributed by atoms with Crippen LogP contribution >= 0.6 is 12.4 Å². The van der Waals surface area contributed by atoms with Crippen molar-refractivity contribution < 1.29 is 14.3 Å². The molecular weight excluding hydrogens is 368 g/mol. The summed E-state index contributed by atoms with van der Waals surface area (Å²) in [6, 6.07) is 5.20. The summed E-state index contributed by atoms with van der Waals surface area (Å²) in [6.45, 7) is 4.94. The average Bonchev–Trinajstić information content (AvgIpc) is 3.30. The molecule has 3 amide bonds. The van der Waals surface area contributed by atoms with Crippen molar-refractivity contribution >= 4 is 30.0 Å². The number of benzene rings is 1. The highest BCUT2D eigenvalue weighted by Crippen LogP contribution is 2.37. The van der Waals surface area contributed by atoms with Crippen LogP contribution in [-0.2, 0) is 0 Å². The summed E-state index contributed by atoms with van der Waals surface area (Å²) in [5, 5.41) is 6.24. The van der Waals surface area contributed by atoms with Gasteiger partial charge in [-0.15, -0.1) is 12.4 Å². The number of urea groups is 1. The van der Waals surface area contributed by atoms with E-state index in [-0.39, 0.29) is 24.3 Å². The Hall–Kier alpha value is -1.99. The molecule has 3 heterocycles. The van der Waals surface area contributed by atoms with Crippen LogP contribution in [0.2, 0.25) is 0 Å². The molecule has 0 aliphatic carbocycles. The number of ether oxygens (including phenoxy) is 1. The molecule has 3 aliphatic heterocycles. The molecule has 1 spiro atoms. The standard InChI is InChI=1S/C19H26N4O3.ClH/c1-26-16-3-2-14(12-15(16)23-11-8-21-18(23)25)17(24)22-9-5-19(6-10-22)4-7-20-13-19;/h2-3,12,20H,4-11,13H2,1H3,(H,21,25);1H. The van der Waals surface area contributed by atoms with E-state index in [0.29, 0.717) is 35.5 Å². The van der Waals surface area contributed by atoms with E-state index in [9.17, 15) is 9.59 Å². The number of piperidine rings is 1. The monoisotopic (exact) mass is 394 g/mol. The number of carbonyl (C=O) groups excluding carboxylic acids is 2. The third kappa shape index (κ3) is 3.71. The SMILES string of the molecule is COc1ccc(C(=O)N2CCC3(CCNC3)CC2)cc1N1CCNC1=O.Cl. The lowest BCUT2D eigenvalue weighted by atomic mass is 9.78. The Morgan fingerprint density at radius 3 is 2.52 bits per heavy atom. The molecule has 7 nitrogen and oxygen atoms in total. The first kappa shape index (κ1) is 19.8. The topological polar surface area (TPSA) is 73.9 Å². The highest BCUT2D eigenvalue weighted by molar-refractivity contribution is 6.00. The zero-order chi connectivity index (χ0) is 18.1. The Bertz CT molecular complexity index is 711. The van der Waals surface area contributed by atoms with Crippen LogP contribution in [0.15, 0.2) is 18.2 Å². The van der Waals surface area contributed by atoms with Gasteiger partial charge in [-0.3, -0.25) is 9.69 Å². The fourth-order valence-electron chi connectivity index (χ4n) is 4.32. The van der Waals surface area contributed by atoms with E-state index in [4.69, 9.17) is 4.74 Å².